The summed E-state index contributed by atoms with van der Waals surface area (Å²) in [4.78, 5) is 0. The van der Waals surface area contributed by atoms with Gasteiger partial charge in [-0.25, -0.2) is 0 Å². The second-order valence-corrected chi connectivity index (χ2v) is 9.42. The first kappa shape index (κ1) is 18.0. The molecule has 0 radical (unpaired) electrons. The van der Waals surface area contributed by atoms with Gasteiger partial charge in [0.15, 0.2) is 0 Å². The van der Waals surface area contributed by atoms with Crippen LogP contribution in [-0.4, -0.2) is 6.10 Å². The lowest BCUT2D eigenvalue weighted by molar-refractivity contribution is 0.276. The van der Waals surface area contributed by atoms with Crippen molar-refractivity contribution in [3.63, 3.8) is 0 Å². The van der Waals surface area contributed by atoms with Gasteiger partial charge in [-0.3, -0.25) is 0 Å². The lowest BCUT2D eigenvalue weighted by Gasteiger charge is -2.25. The highest BCUT2D eigenvalue weighted by Crippen LogP contribution is 2.43. The fourth-order valence-electron chi connectivity index (χ4n) is 4.28. The molecular weight excluding hydrogens is 335 g/mol. The topological polar surface area (TPSA) is 9.23 Å². The summed E-state index contributed by atoms with van der Waals surface area (Å²) in [5.41, 5.74) is 1.58. The molecule has 4 rings (SSSR count). The molecule has 0 aromatic heterocycles. The third-order valence-electron chi connectivity index (χ3n) is 5.66. The van der Waals surface area contributed by atoms with Gasteiger partial charge in [-0.05, 0) is 43.6 Å². The van der Waals surface area contributed by atoms with Gasteiger partial charge in [0.05, 0.1) is 14.3 Å². The molecule has 0 unspecified atom stereocenters. The van der Waals surface area contributed by atoms with Crippen LogP contribution in [0.5, 0.6) is 0 Å². The minimum atomic E-state index is -0.753. The van der Waals surface area contributed by atoms with Crippen LogP contribution < -0.4 is 10.6 Å². The van der Waals surface area contributed by atoms with Crippen LogP contribution in [0.3, 0.4) is 0 Å². The van der Waals surface area contributed by atoms with E-state index in [1.807, 2.05) is 0 Å². The Hall–Kier alpha value is -1.43. The molecule has 2 heteroatoms. The fraction of sp³-hybridized carbons (Fsp3) is 0.417. The summed E-state index contributed by atoms with van der Waals surface area (Å²) in [6.07, 6.45) is 13.6. The van der Waals surface area contributed by atoms with E-state index in [2.05, 4.69) is 66.7 Å². The zero-order valence-corrected chi connectivity index (χ0v) is 16.4. The molecule has 2 saturated carbocycles. The van der Waals surface area contributed by atoms with Crippen molar-refractivity contribution in [1.82, 2.24) is 0 Å². The molecule has 0 aliphatic heterocycles. The van der Waals surface area contributed by atoms with Gasteiger partial charge in [0.1, 0.15) is 0 Å². The molecule has 1 nitrogen and oxygen atoms in total. The quantitative estimate of drug-likeness (QED) is 0.459. The van der Waals surface area contributed by atoms with Crippen molar-refractivity contribution >= 4 is 18.8 Å². The molecule has 0 spiro atoms. The van der Waals surface area contributed by atoms with E-state index < -0.39 is 8.15 Å². The number of hydrogen-bond acceptors (Lipinski definition) is 1. The summed E-state index contributed by atoms with van der Waals surface area (Å²) in [6, 6.07) is 21.6. The van der Waals surface area contributed by atoms with Crippen LogP contribution in [-0.2, 0) is 4.52 Å². The van der Waals surface area contributed by atoms with Crippen molar-refractivity contribution in [2.75, 3.05) is 0 Å². The summed E-state index contributed by atoms with van der Waals surface area (Å²) in [6.45, 7) is 0. The van der Waals surface area contributed by atoms with Crippen molar-refractivity contribution in [2.45, 2.75) is 57.5 Å². The molecule has 2 aliphatic rings. The fourth-order valence-corrected chi connectivity index (χ4v) is 6.20. The van der Waals surface area contributed by atoms with Gasteiger partial charge in [0, 0.05) is 10.6 Å². The van der Waals surface area contributed by atoms with Crippen LogP contribution in [0.15, 0.2) is 72.3 Å². The lowest BCUT2D eigenvalue weighted by Crippen LogP contribution is -2.19. The first-order chi connectivity index (χ1) is 12.9. The molecule has 0 N–H and O–H groups in total. The molecule has 2 fully saturated rings. The van der Waals surface area contributed by atoms with Crippen molar-refractivity contribution in [2.24, 2.45) is 5.92 Å². The average Bonchev–Trinajstić information content (AvgIpc) is 3.15. The molecule has 1 atom stereocenters. The predicted octanol–water partition coefficient (Wildman–Crippen LogP) is 6.11. The van der Waals surface area contributed by atoms with Gasteiger partial charge in [0.25, 0.3) is 0 Å². The van der Waals surface area contributed by atoms with E-state index in [0.29, 0.717) is 6.10 Å². The summed E-state index contributed by atoms with van der Waals surface area (Å²) in [7, 11) is -0.753. The minimum Gasteiger partial charge on any atom is -0.342 e. The average molecular weight is 364 g/mol. The van der Waals surface area contributed by atoms with E-state index in [1.165, 1.54) is 62.0 Å². The standard InChI is InChI=1S/C24H29OP/c1-4-11-20(12-5-1)19-21-13-10-18-24(21)25-26(22-14-6-2-7-15-22)23-16-8-3-9-17-23/h2-3,6-9,14-17,19-20,24H,1,4-5,10-13,18H2/t24-/m1/s1. The van der Waals surface area contributed by atoms with Crippen molar-refractivity contribution in [3.8, 4) is 0 Å². The second-order valence-electron chi connectivity index (χ2n) is 7.59. The van der Waals surface area contributed by atoms with E-state index in [-0.39, 0.29) is 0 Å². The maximum Gasteiger partial charge on any atom is 0.0926 e. The molecule has 0 bridgehead atoms. The Morgan fingerprint density at radius 3 is 1.96 bits per heavy atom. The molecule has 2 aromatic carbocycles. The molecule has 0 amide bonds. The highest BCUT2D eigenvalue weighted by molar-refractivity contribution is 7.68. The van der Waals surface area contributed by atoms with E-state index in [9.17, 15) is 0 Å². The van der Waals surface area contributed by atoms with Crippen LogP contribution in [0.1, 0.15) is 51.4 Å². The van der Waals surface area contributed by atoms with Gasteiger partial charge in [-0.15, -0.1) is 0 Å². The van der Waals surface area contributed by atoms with Crippen molar-refractivity contribution in [3.05, 3.63) is 72.3 Å². The van der Waals surface area contributed by atoms with Gasteiger partial charge in [0.2, 0.25) is 0 Å². The van der Waals surface area contributed by atoms with Crippen molar-refractivity contribution in [1.29, 1.82) is 0 Å². The number of rotatable bonds is 5. The molecule has 136 valence electrons. The van der Waals surface area contributed by atoms with Crippen LogP contribution in [0, 0.1) is 5.92 Å². The third kappa shape index (κ3) is 4.45. The van der Waals surface area contributed by atoms with E-state index in [0.717, 1.165) is 5.92 Å². The SMILES string of the molecule is C(=C1CCC[C@H]1OP(c1ccccc1)c1ccccc1)C1CCCCC1. The predicted molar refractivity (Wildman–Crippen MR) is 112 cm³/mol. The summed E-state index contributed by atoms with van der Waals surface area (Å²) >= 11 is 0. The highest BCUT2D eigenvalue weighted by atomic mass is 31.1. The Labute approximate surface area is 159 Å². The zero-order valence-electron chi connectivity index (χ0n) is 15.5. The first-order valence-corrected chi connectivity index (χ1v) is 11.4. The van der Waals surface area contributed by atoms with Crippen LogP contribution >= 0.6 is 8.15 Å². The van der Waals surface area contributed by atoms with Gasteiger partial charge in [-0.2, -0.15) is 0 Å². The second kappa shape index (κ2) is 8.98. The van der Waals surface area contributed by atoms with E-state index in [1.54, 1.807) is 5.57 Å². The van der Waals surface area contributed by atoms with Crippen LogP contribution in [0.4, 0.5) is 0 Å². The van der Waals surface area contributed by atoms with E-state index >= 15 is 0 Å². The van der Waals surface area contributed by atoms with E-state index in [4.69, 9.17) is 4.52 Å². The van der Waals surface area contributed by atoms with Crippen molar-refractivity contribution < 1.29 is 4.52 Å². The van der Waals surface area contributed by atoms with Crippen LogP contribution in [0.25, 0.3) is 0 Å². The lowest BCUT2D eigenvalue weighted by atomic mass is 9.87. The highest BCUT2D eigenvalue weighted by Gasteiger charge is 2.28. The Kier molecular flexibility index (Phi) is 6.20. The largest absolute Gasteiger partial charge is 0.342 e. The Morgan fingerprint density at radius 1 is 0.731 bits per heavy atom. The first-order valence-electron chi connectivity index (χ1n) is 10.2. The maximum absolute atomic E-state index is 6.83. The molecule has 0 saturated heterocycles. The maximum atomic E-state index is 6.83. The molecule has 26 heavy (non-hydrogen) atoms. The minimum absolute atomic E-state index is 0.309. The van der Waals surface area contributed by atoms with Gasteiger partial charge < -0.3 is 4.52 Å². The number of hydrogen-bond donors (Lipinski definition) is 0. The monoisotopic (exact) mass is 364 g/mol. The molecule has 2 aliphatic carbocycles. The Bertz CT molecular complexity index is 664. The molecule has 2 aromatic rings. The zero-order chi connectivity index (χ0) is 17.6. The summed E-state index contributed by atoms with van der Waals surface area (Å²) in [5, 5.41) is 2.63. The molecular formula is C24H29OP. The summed E-state index contributed by atoms with van der Waals surface area (Å²) in [5.74, 6) is 0.794. The Balaban J connectivity index is 1.56. The molecule has 0 heterocycles. The van der Waals surface area contributed by atoms with Gasteiger partial charge in [-0.1, -0.05) is 86.0 Å². The smallest absolute Gasteiger partial charge is 0.0926 e. The van der Waals surface area contributed by atoms with Gasteiger partial charge >= 0.3 is 0 Å². The summed E-state index contributed by atoms with van der Waals surface area (Å²) < 4.78 is 6.83. The normalized spacial score (nSPS) is 23.0. The van der Waals surface area contributed by atoms with Crippen LogP contribution in [0.2, 0.25) is 0 Å². The number of allylic oxidation sites excluding steroid dienone is 1. The Morgan fingerprint density at radius 2 is 1.35 bits per heavy atom. The number of benzene rings is 2. The third-order valence-corrected chi connectivity index (χ3v) is 7.66.